The van der Waals surface area contributed by atoms with Crippen molar-refractivity contribution in [1.29, 1.82) is 0 Å². The lowest BCUT2D eigenvalue weighted by Gasteiger charge is -2.07. The molecule has 0 saturated heterocycles. The van der Waals surface area contributed by atoms with E-state index in [0.29, 0.717) is 17.1 Å². The van der Waals surface area contributed by atoms with Gasteiger partial charge in [0.2, 0.25) is 6.29 Å². The number of carbonyl (C=O) groups is 3. The maximum atomic E-state index is 11.6. The Morgan fingerprint density at radius 1 is 0.826 bits per heavy atom. The monoisotopic (exact) mass is 312 g/mol. The van der Waals surface area contributed by atoms with E-state index in [1.54, 1.807) is 6.07 Å². The second-order valence-electron chi connectivity index (χ2n) is 4.99. The normalized spacial score (nSPS) is 18.3. The van der Waals surface area contributed by atoms with E-state index in [9.17, 15) is 19.5 Å². The molecule has 1 unspecified atom stereocenters. The van der Waals surface area contributed by atoms with Crippen molar-refractivity contribution in [3.8, 4) is 11.5 Å². The summed E-state index contributed by atoms with van der Waals surface area (Å²) >= 11 is 0. The first-order valence-corrected chi connectivity index (χ1v) is 6.64. The van der Waals surface area contributed by atoms with Gasteiger partial charge in [-0.1, -0.05) is 0 Å². The molecule has 114 valence electrons. The molecule has 0 bridgehead atoms. The molecule has 2 aromatic carbocycles. The molecule has 7 nitrogen and oxygen atoms in total. The van der Waals surface area contributed by atoms with Crippen LogP contribution in [0.15, 0.2) is 36.4 Å². The van der Waals surface area contributed by atoms with Gasteiger partial charge in [0, 0.05) is 5.56 Å². The minimum absolute atomic E-state index is 0.128. The highest BCUT2D eigenvalue weighted by atomic mass is 16.6. The summed E-state index contributed by atoms with van der Waals surface area (Å²) in [5.74, 6) is -1.42. The molecule has 23 heavy (non-hydrogen) atoms. The van der Waals surface area contributed by atoms with Crippen LogP contribution in [0.4, 0.5) is 0 Å². The predicted molar refractivity (Wildman–Crippen MR) is 73.1 cm³/mol. The van der Waals surface area contributed by atoms with Crippen LogP contribution in [0.5, 0.6) is 11.5 Å². The fraction of sp³-hybridized carbons (Fsp3) is 0.0625. The molecule has 0 radical (unpaired) electrons. The molecule has 2 heterocycles. The number of esters is 3. The SMILES string of the molecule is O=C1OC(=O)c2cc(Oc3ccc4c(c3)C(=O)OC4O)ccc21. The summed E-state index contributed by atoms with van der Waals surface area (Å²) in [5.41, 5.74) is 0.891. The van der Waals surface area contributed by atoms with Crippen molar-refractivity contribution in [2.24, 2.45) is 0 Å². The second kappa shape index (κ2) is 4.65. The molecular weight excluding hydrogens is 304 g/mol. The van der Waals surface area contributed by atoms with E-state index in [2.05, 4.69) is 9.47 Å². The maximum Gasteiger partial charge on any atom is 0.347 e. The van der Waals surface area contributed by atoms with Gasteiger partial charge in [0.1, 0.15) is 11.5 Å². The van der Waals surface area contributed by atoms with E-state index >= 15 is 0 Å². The number of ether oxygens (including phenoxy) is 3. The highest BCUT2D eigenvalue weighted by Crippen LogP contribution is 2.33. The number of rotatable bonds is 2. The molecule has 2 aliphatic heterocycles. The van der Waals surface area contributed by atoms with Crippen LogP contribution < -0.4 is 4.74 Å². The first-order chi connectivity index (χ1) is 11.0. The number of hydrogen-bond donors (Lipinski definition) is 1. The van der Waals surface area contributed by atoms with Crippen molar-refractivity contribution in [3.05, 3.63) is 58.7 Å². The topological polar surface area (TPSA) is 99.1 Å². The van der Waals surface area contributed by atoms with E-state index in [1.165, 1.54) is 30.3 Å². The van der Waals surface area contributed by atoms with Crippen molar-refractivity contribution >= 4 is 17.9 Å². The largest absolute Gasteiger partial charge is 0.457 e. The smallest absolute Gasteiger partial charge is 0.347 e. The summed E-state index contributed by atoms with van der Waals surface area (Å²) in [6.07, 6.45) is -1.27. The Morgan fingerprint density at radius 3 is 2.26 bits per heavy atom. The van der Waals surface area contributed by atoms with Crippen LogP contribution in [0.1, 0.15) is 42.9 Å². The molecule has 2 aliphatic rings. The molecule has 0 aliphatic carbocycles. The van der Waals surface area contributed by atoms with Crippen LogP contribution in [-0.4, -0.2) is 23.0 Å². The molecule has 4 rings (SSSR count). The lowest BCUT2D eigenvalue weighted by atomic mass is 10.1. The Morgan fingerprint density at radius 2 is 1.48 bits per heavy atom. The molecule has 0 amide bonds. The predicted octanol–water partition coefficient (Wildman–Crippen LogP) is 1.95. The lowest BCUT2D eigenvalue weighted by molar-refractivity contribution is -0.0547. The van der Waals surface area contributed by atoms with Gasteiger partial charge in [0.25, 0.3) is 0 Å². The molecule has 1 atom stereocenters. The van der Waals surface area contributed by atoms with Gasteiger partial charge in [0.05, 0.1) is 16.7 Å². The van der Waals surface area contributed by atoms with Crippen molar-refractivity contribution in [1.82, 2.24) is 0 Å². The summed E-state index contributed by atoms with van der Waals surface area (Å²) < 4.78 is 14.8. The number of carbonyl (C=O) groups excluding carboxylic acids is 3. The minimum Gasteiger partial charge on any atom is -0.457 e. The van der Waals surface area contributed by atoms with E-state index in [-0.39, 0.29) is 16.7 Å². The van der Waals surface area contributed by atoms with Crippen LogP contribution in [-0.2, 0) is 9.47 Å². The minimum atomic E-state index is -1.27. The van der Waals surface area contributed by atoms with Gasteiger partial charge in [-0.3, -0.25) is 0 Å². The van der Waals surface area contributed by atoms with Gasteiger partial charge in [-0.15, -0.1) is 0 Å². The Hall–Kier alpha value is -3.19. The van der Waals surface area contributed by atoms with Gasteiger partial charge in [-0.25, -0.2) is 14.4 Å². The third kappa shape index (κ3) is 2.06. The zero-order valence-corrected chi connectivity index (χ0v) is 11.4. The van der Waals surface area contributed by atoms with Crippen LogP contribution in [0.3, 0.4) is 0 Å². The van der Waals surface area contributed by atoms with E-state index in [0.717, 1.165) is 0 Å². The van der Waals surface area contributed by atoms with Gasteiger partial charge < -0.3 is 19.3 Å². The first kappa shape index (κ1) is 13.5. The summed E-state index contributed by atoms with van der Waals surface area (Å²) in [4.78, 5) is 34.5. The molecule has 2 aromatic rings. The van der Waals surface area contributed by atoms with Gasteiger partial charge >= 0.3 is 17.9 Å². The Labute approximate surface area is 129 Å². The molecule has 0 fully saturated rings. The highest BCUT2D eigenvalue weighted by molar-refractivity contribution is 6.14. The Balaban J connectivity index is 1.66. The molecular formula is C16H8O7. The first-order valence-electron chi connectivity index (χ1n) is 6.64. The van der Waals surface area contributed by atoms with E-state index in [1.807, 2.05) is 0 Å². The zero-order chi connectivity index (χ0) is 16.1. The molecule has 0 spiro atoms. The second-order valence-corrected chi connectivity index (χ2v) is 4.99. The number of aliphatic hydroxyl groups is 1. The van der Waals surface area contributed by atoms with E-state index < -0.39 is 24.2 Å². The Bertz CT molecular complexity index is 884. The van der Waals surface area contributed by atoms with Crippen molar-refractivity contribution in [3.63, 3.8) is 0 Å². The summed E-state index contributed by atoms with van der Waals surface area (Å²) in [6, 6.07) is 8.85. The van der Waals surface area contributed by atoms with Crippen molar-refractivity contribution in [2.45, 2.75) is 6.29 Å². The van der Waals surface area contributed by atoms with Crippen LogP contribution in [0, 0.1) is 0 Å². The quantitative estimate of drug-likeness (QED) is 0.668. The van der Waals surface area contributed by atoms with Crippen LogP contribution in [0.2, 0.25) is 0 Å². The maximum absolute atomic E-state index is 11.6. The third-order valence-corrected chi connectivity index (χ3v) is 3.58. The van der Waals surface area contributed by atoms with Gasteiger partial charge in [-0.2, -0.15) is 0 Å². The highest BCUT2D eigenvalue weighted by Gasteiger charge is 2.31. The molecule has 0 saturated carbocycles. The molecule has 1 N–H and O–H groups in total. The van der Waals surface area contributed by atoms with Gasteiger partial charge in [-0.05, 0) is 36.4 Å². The lowest BCUT2D eigenvalue weighted by Crippen LogP contribution is -1.97. The summed E-state index contributed by atoms with van der Waals surface area (Å²) in [5, 5.41) is 9.53. The number of cyclic esters (lactones) is 3. The average molecular weight is 312 g/mol. The number of hydrogen-bond acceptors (Lipinski definition) is 7. The van der Waals surface area contributed by atoms with E-state index in [4.69, 9.17) is 4.74 Å². The number of benzene rings is 2. The van der Waals surface area contributed by atoms with Crippen molar-refractivity contribution < 1.29 is 33.7 Å². The fourth-order valence-corrected chi connectivity index (χ4v) is 2.48. The molecule has 7 heteroatoms. The third-order valence-electron chi connectivity index (χ3n) is 3.58. The number of aliphatic hydroxyl groups excluding tert-OH is 1. The average Bonchev–Trinajstić information content (AvgIpc) is 2.96. The van der Waals surface area contributed by atoms with Crippen LogP contribution in [0.25, 0.3) is 0 Å². The zero-order valence-electron chi connectivity index (χ0n) is 11.4. The number of fused-ring (bicyclic) bond motifs is 2. The summed E-state index contributed by atoms with van der Waals surface area (Å²) in [6.45, 7) is 0. The fourth-order valence-electron chi connectivity index (χ4n) is 2.48. The molecule has 0 aromatic heterocycles. The van der Waals surface area contributed by atoms with Gasteiger partial charge in [0.15, 0.2) is 0 Å². The van der Waals surface area contributed by atoms with Crippen LogP contribution >= 0.6 is 0 Å². The Kier molecular flexibility index (Phi) is 2.73. The van der Waals surface area contributed by atoms with Crippen molar-refractivity contribution in [2.75, 3.05) is 0 Å². The summed E-state index contributed by atoms with van der Waals surface area (Å²) in [7, 11) is 0. The standard InChI is InChI=1S/C16H8O7/c17-13-9-3-1-7(5-11(9)15(19)22-13)21-8-2-4-10-12(6-8)16(20)23-14(10)18/h1-6,13,17H.